The number of aromatic hydroxyl groups is 1. The number of aromatic nitrogens is 1. The molecule has 5 aromatic rings. The quantitative estimate of drug-likeness (QED) is 0.211. The summed E-state index contributed by atoms with van der Waals surface area (Å²) in [4.78, 5) is 30.8. The molecule has 0 unspecified atom stereocenters. The number of aliphatic imine (C=N–C) groups is 1. The molecule has 0 saturated carbocycles. The van der Waals surface area contributed by atoms with Crippen molar-refractivity contribution in [3.05, 3.63) is 136 Å². The smallest absolute Gasteiger partial charge is 0.416 e. The van der Waals surface area contributed by atoms with Crippen LogP contribution in [0.1, 0.15) is 27.0 Å². The van der Waals surface area contributed by atoms with Crippen molar-refractivity contribution in [2.45, 2.75) is 6.18 Å². The van der Waals surface area contributed by atoms with Crippen LogP contribution in [-0.2, 0) is 6.18 Å². The van der Waals surface area contributed by atoms with Gasteiger partial charge in [-0.15, -0.1) is 0 Å². The Morgan fingerprint density at radius 2 is 1.47 bits per heavy atom. The van der Waals surface area contributed by atoms with E-state index in [-0.39, 0.29) is 22.4 Å². The summed E-state index contributed by atoms with van der Waals surface area (Å²) in [5.74, 6) is -0.829. The van der Waals surface area contributed by atoms with Crippen LogP contribution in [0.5, 0.6) is 5.88 Å². The Balaban J connectivity index is 1.68. The highest BCUT2D eigenvalue weighted by Gasteiger charge is 2.31. The van der Waals surface area contributed by atoms with Crippen molar-refractivity contribution in [1.82, 2.24) is 4.57 Å². The molecule has 0 fully saturated rings. The van der Waals surface area contributed by atoms with Gasteiger partial charge in [-0.25, -0.2) is 4.57 Å². The normalized spacial score (nSPS) is 11.8. The number of hydrogen-bond donors (Lipinski definition) is 1. The van der Waals surface area contributed by atoms with Crippen LogP contribution in [0.15, 0.2) is 113 Å². The number of carbonyl (C=O) groups excluding carboxylic acids is 1. The molecule has 0 aliphatic heterocycles. The number of benzene rings is 4. The first-order valence-electron chi connectivity index (χ1n) is 11.5. The highest BCUT2D eigenvalue weighted by atomic mass is 19.4. The molecule has 1 N–H and O–H groups in total. The predicted octanol–water partition coefficient (Wildman–Crippen LogP) is 6.70. The fourth-order valence-electron chi connectivity index (χ4n) is 4.21. The minimum atomic E-state index is -4.63. The zero-order chi connectivity index (χ0) is 26.9. The molecule has 0 radical (unpaired) electrons. The van der Waals surface area contributed by atoms with Gasteiger partial charge in [-0.3, -0.25) is 14.6 Å². The predicted molar refractivity (Wildman–Crippen MR) is 140 cm³/mol. The van der Waals surface area contributed by atoms with Crippen LogP contribution in [-0.4, -0.2) is 21.7 Å². The molecule has 0 bridgehead atoms. The lowest BCUT2D eigenvalue weighted by molar-refractivity contribution is -0.137. The zero-order valence-corrected chi connectivity index (χ0v) is 19.7. The van der Waals surface area contributed by atoms with E-state index < -0.39 is 23.2 Å². The second-order valence-corrected chi connectivity index (χ2v) is 8.44. The summed E-state index contributed by atoms with van der Waals surface area (Å²) in [6.45, 7) is 0. The first-order chi connectivity index (χ1) is 18.3. The number of rotatable bonds is 5. The minimum Gasteiger partial charge on any atom is -0.494 e. The Labute approximate surface area is 214 Å². The van der Waals surface area contributed by atoms with Crippen molar-refractivity contribution in [3.63, 3.8) is 0 Å². The Kier molecular flexibility index (Phi) is 6.38. The van der Waals surface area contributed by atoms with E-state index in [0.717, 1.165) is 16.7 Å². The van der Waals surface area contributed by atoms with Gasteiger partial charge in [0.15, 0.2) is 5.78 Å². The van der Waals surface area contributed by atoms with Gasteiger partial charge in [0.1, 0.15) is 0 Å². The van der Waals surface area contributed by atoms with Gasteiger partial charge in [0, 0.05) is 28.1 Å². The molecular formula is C30H19F3N2O3. The van der Waals surface area contributed by atoms with Crippen LogP contribution in [0.3, 0.4) is 0 Å². The molecule has 38 heavy (non-hydrogen) atoms. The molecule has 5 nitrogen and oxygen atoms in total. The Morgan fingerprint density at radius 3 is 2.21 bits per heavy atom. The van der Waals surface area contributed by atoms with E-state index in [9.17, 15) is 27.9 Å². The molecule has 5 rings (SSSR count). The maximum absolute atomic E-state index is 13.4. The maximum Gasteiger partial charge on any atom is 0.416 e. The van der Waals surface area contributed by atoms with E-state index in [4.69, 9.17) is 0 Å². The molecule has 0 aliphatic carbocycles. The van der Waals surface area contributed by atoms with E-state index in [1.54, 1.807) is 72.8 Å². The molecule has 1 aromatic heterocycles. The minimum absolute atomic E-state index is 0.111. The summed E-state index contributed by atoms with van der Waals surface area (Å²) in [7, 11) is 0. The first-order valence-corrected chi connectivity index (χ1v) is 11.5. The van der Waals surface area contributed by atoms with Crippen molar-refractivity contribution in [2.75, 3.05) is 0 Å². The molecule has 188 valence electrons. The standard InChI is InChI=1S/C30H19F3N2O3/c31-30(32,33)20-11-8-12-21(17-20)35-28(37)23-14-5-4-13-22(23)25(29(35)38)18-34-26-16-7-6-15-24(26)27(36)19-9-2-1-3-10-19/h1-18,38H. The van der Waals surface area contributed by atoms with E-state index in [1.165, 1.54) is 24.4 Å². The number of ketones is 1. The van der Waals surface area contributed by atoms with Crippen LogP contribution in [0.2, 0.25) is 0 Å². The van der Waals surface area contributed by atoms with Crippen molar-refractivity contribution in [2.24, 2.45) is 4.99 Å². The summed E-state index contributed by atoms with van der Waals surface area (Å²) >= 11 is 0. The summed E-state index contributed by atoms with van der Waals surface area (Å²) in [6, 6.07) is 25.9. The van der Waals surface area contributed by atoms with Crippen LogP contribution < -0.4 is 5.56 Å². The van der Waals surface area contributed by atoms with Crippen LogP contribution in [0.25, 0.3) is 16.5 Å². The maximum atomic E-state index is 13.4. The lowest BCUT2D eigenvalue weighted by Crippen LogP contribution is -2.20. The molecular weight excluding hydrogens is 493 g/mol. The molecule has 8 heteroatoms. The van der Waals surface area contributed by atoms with Gasteiger partial charge in [0.05, 0.1) is 22.5 Å². The topological polar surface area (TPSA) is 71.7 Å². The SMILES string of the molecule is O=C(c1ccccc1)c1ccccc1N=Cc1c(O)n(-c2cccc(C(F)(F)F)c2)c(=O)c2ccccc12. The fraction of sp³-hybridized carbons (Fsp3) is 0.0333. The third-order valence-electron chi connectivity index (χ3n) is 6.05. The number of fused-ring (bicyclic) bond motifs is 1. The van der Waals surface area contributed by atoms with Crippen LogP contribution in [0, 0.1) is 0 Å². The third-order valence-corrected chi connectivity index (χ3v) is 6.05. The Hall–Kier alpha value is -4.98. The zero-order valence-electron chi connectivity index (χ0n) is 19.7. The third kappa shape index (κ3) is 4.59. The lowest BCUT2D eigenvalue weighted by Gasteiger charge is -2.15. The molecule has 1 heterocycles. The molecule has 0 aliphatic rings. The highest BCUT2D eigenvalue weighted by molar-refractivity contribution is 6.12. The highest BCUT2D eigenvalue weighted by Crippen LogP contribution is 2.32. The largest absolute Gasteiger partial charge is 0.494 e. The monoisotopic (exact) mass is 512 g/mol. The number of nitrogens with zero attached hydrogens (tertiary/aromatic N) is 2. The summed E-state index contributed by atoms with van der Waals surface area (Å²) in [5, 5.41) is 11.7. The lowest BCUT2D eigenvalue weighted by atomic mass is 10.0. The second kappa shape index (κ2) is 9.82. The number of halogens is 3. The van der Waals surface area contributed by atoms with Gasteiger partial charge in [0.2, 0.25) is 5.88 Å². The van der Waals surface area contributed by atoms with Gasteiger partial charge in [0.25, 0.3) is 5.56 Å². The average Bonchev–Trinajstić information content (AvgIpc) is 2.93. The van der Waals surface area contributed by atoms with E-state index in [1.807, 2.05) is 0 Å². The van der Waals surface area contributed by atoms with Gasteiger partial charge in [-0.05, 0) is 36.4 Å². The van der Waals surface area contributed by atoms with Crippen molar-refractivity contribution in [3.8, 4) is 11.6 Å². The van der Waals surface area contributed by atoms with Crippen molar-refractivity contribution in [1.29, 1.82) is 0 Å². The summed E-state index contributed by atoms with van der Waals surface area (Å²) in [5.41, 5.74) is -0.567. The van der Waals surface area contributed by atoms with E-state index in [2.05, 4.69) is 4.99 Å². The van der Waals surface area contributed by atoms with Gasteiger partial charge in [-0.2, -0.15) is 13.2 Å². The summed E-state index contributed by atoms with van der Waals surface area (Å²) < 4.78 is 40.9. The van der Waals surface area contributed by atoms with Gasteiger partial charge in [-0.1, -0.05) is 66.7 Å². The molecule has 0 spiro atoms. The van der Waals surface area contributed by atoms with E-state index >= 15 is 0 Å². The van der Waals surface area contributed by atoms with Gasteiger partial charge < -0.3 is 5.11 Å². The van der Waals surface area contributed by atoms with Crippen LogP contribution in [0.4, 0.5) is 18.9 Å². The Morgan fingerprint density at radius 1 is 0.816 bits per heavy atom. The number of hydrogen-bond acceptors (Lipinski definition) is 4. The molecule has 0 saturated heterocycles. The molecule has 0 amide bonds. The molecule has 0 atom stereocenters. The average molecular weight is 512 g/mol. The molecule has 4 aromatic carbocycles. The van der Waals surface area contributed by atoms with E-state index in [0.29, 0.717) is 22.2 Å². The Bertz CT molecular complexity index is 1760. The second-order valence-electron chi connectivity index (χ2n) is 8.44. The first kappa shape index (κ1) is 24.7. The van der Waals surface area contributed by atoms with Crippen LogP contribution >= 0.6 is 0 Å². The summed E-state index contributed by atoms with van der Waals surface area (Å²) in [6.07, 6.45) is -3.33. The fourth-order valence-corrected chi connectivity index (χ4v) is 4.21. The van der Waals surface area contributed by atoms with Crippen molar-refractivity contribution >= 4 is 28.5 Å². The number of alkyl halides is 3. The number of pyridine rings is 1. The van der Waals surface area contributed by atoms with Gasteiger partial charge >= 0.3 is 6.18 Å². The number of para-hydroxylation sites is 1. The number of carbonyl (C=O) groups is 1. The van der Waals surface area contributed by atoms with Crippen molar-refractivity contribution < 1.29 is 23.1 Å².